The highest BCUT2D eigenvalue weighted by atomic mass is 16.5. The zero-order valence-electron chi connectivity index (χ0n) is 13.4. The number of methoxy groups -OCH3 is 2. The van der Waals surface area contributed by atoms with Crippen molar-refractivity contribution >= 4 is 5.97 Å². The van der Waals surface area contributed by atoms with Gasteiger partial charge in [-0.1, -0.05) is 12.1 Å². The lowest BCUT2D eigenvalue weighted by Crippen LogP contribution is -2.31. The Morgan fingerprint density at radius 1 is 1.33 bits per heavy atom. The molecule has 1 atom stereocenters. The number of rotatable bonds is 9. The Kier molecular flexibility index (Phi) is 7.79. The van der Waals surface area contributed by atoms with E-state index < -0.39 is 0 Å². The van der Waals surface area contributed by atoms with Gasteiger partial charge in [-0.3, -0.25) is 4.79 Å². The third kappa shape index (κ3) is 6.14. The van der Waals surface area contributed by atoms with E-state index in [4.69, 9.17) is 4.74 Å². The number of esters is 1. The summed E-state index contributed by atoms with van der Waals surface area (Å²) in [4.78, 5) is 13.2. The van der Waals surface area contributed by atoms with Gasteiger partial charge >= 0.3 is 5.97 Å². The van der Waals surface area contributed by atoms with Gasteiger partial charge in [0.2, 0.25) is 0 Å². The lowest BCUT2D eigenvalue weighted by Gasteiger charge is -2.25. The topological polar surface area (TPSA) is 50.8 Å². The van der Waals surface area contributed by atoms with E-state index in [2.05, 4.69) is 41.2 Å². The van der Waals surface area contributed by atoms with E-state index in [9.17, 15) is 4.79 Å². The maximum absolute atomic E-state index is 11.0. The summed E-state index contributed by atoms with van der Waals surface area (Å²) in [6, 6.07) is 8.37. The van der Waals surface area contributed by atoms with Crippen molar-refractivity contribution in [2.24, 2.45) is 0 Å². The fourth-order valence-corrected chi connectivity index (χ4v) is 2.15. The first kappa shape index (κ1) is 17.5. The fraction of sp³-hybridized carbons (Fsp3) is 0.562. The van der Waals surface area contributed by atoms with Crippen molar-refractivity contribution in [3.63, 3.8) is 0 Å². The van der Waals surface area contributed by atoms with Crippen LogP contribution in [0.5, 0.6) is 5.75 Å². The molecule has 0 aromatic heterocycles. The molecule has 1 aromatic rings. The zero-order chi connectivity index (χ0) is 15.7. The predicted molar refractivity (Wildman–Crippen MR) is 83.5 cm³/mol. The molecule has 118 valence electrons. The van der Waals surface area contributed by atoms with Crippen molar-refractivity contribution in [3.8, 4) is 5.75 Å². The molecule has 0 saturated heterocycles. The molecule has 5 nitrogen and oxygen atoms in total. The molecule has 5 heteroatoms. The Morgan fingerprint density at radius 2 is 2.10 bits per heavy atom. The average molecular weight is 294 g/mol. The van der Waals surface area contributed by atoms with E-state index in [-0.39, 0.29) is 12.0 Å². The minimum Gasteiger partial charge on any atom is -0.497 e. The minimum absolute atomic E-state index is 0.159. The molecular weight excluding hydrogens is 268 g/mol. The van der Waals surface area contributed by atoms with Crippen molar-refractivity contribution in [2.75, 3.05) is 41.4 Å². The van der Waals surface area contributed by atoms with E-state index in [0.717, 1.165) is 25.3 Å². The van der Waals surface area contributed by atoms with Gasteiger partial charge in [0.05, 0.1) is 14.2 Å². The van der Waals surface area contributed by atoms with E-state index >= 15 is 0 Å². The smallest absolute Gasteiger partial charge is 0.305 e. The number of hydrogen-bond donors (Lipinski definition) is 1. The molecular formula is C16H26N2O3. The molecule has 0 spiro atoms. The van der Waals surface area contributed by atoms with E-state index in [1.54, 1.807) is 7.11 Å². The van der Waals surface area contributed by atoms with Crippen LogP contribution in [0.25, 0.3) is 0 Å². The largest absolute Gasteiger partial charge is 0.497 e. The number of carbonyl (C=O) groups excluding carboxylic acids is 1. The van der Waals surface area contributed by atoms with E-state index in [1.807, 2.05) is 12.1 Å². The first-order valence-electron chi connectivity index (χ1n) is 7.16. The average Bonchev–Trinajstić information content (AvgIpc) is 2.50. The standard InChI is InChI=1S/C16H26N2O3/c1-18(2)15(12-17-10-6-9-16(19)21-4)13-7-5-8-14(11-13)20-3/h5,7-8,11,15,17H,6,9-10,12H2,1-4H3. The fourth-order valence-electron chi connectivity index (χ4n) is 2.15. The molecule has 0 amide bonds. The van der Waals surface area contributed by atoms with Crippen LogP contribution in [0.2, 0.25) is 0 Å². The van der Waals surface area contributed by atoms with Crippen LogP contribution in [0.15, 0.2) is 24.3 Å². The van der Waals surface area contributed by atoms with Gasteiger partial charge in [-0.25, -0.2) is 0 Å². The SMILES string of the molecule is COC(=O)CCCNCC(c1cccc(OC)c1)N(C)C. The Morgan fingerprint density at radius 3 is 2.71 bits per heavy atom. The second-order valence-electron chi connectivity index (χ2n) is 5.14. The number of likely N-dealkylation sites (N-methyl/N-ethyl adjacent to an activating group) is 1. The predicted octanol–water partition coefficient (Wildman–Crippen LogP) is 1.84. The zero-order valence-corrected chi connectivity index (χ0v) is 13.4. The molecule has 0 aliphatic rings. The molecule has 0 fully saturated rings. The summed E-state index contributed by atoms with van der Waals surface area (Å²) in [5.74, 6) is 0.707. The molecule has 0 saturated carbocycles. The molecule has 21 heavy (non-hydrogen) atoms. The highest BCUT2D eigenvalue weighted by molar-refractivity contribution is 5.69. The first-order valence-corrected chi connectivity index (χ1v) is 7.16. The maximum Gasteiger partial charge on any atom is 0.305 e. The van der Waals surface area contributed by atoms with Crippen molar-refractivity contribution in [1.82, 2.24) is 10.2 Å². The van der Waals surface area contributed by atoms with Crippen LogP contribution < -0.4 is 10.1 Å². The van der Waals surface area contributed by atoms with Gasteiger partial charge in [0.1, 0.15) is 5.75 Å². The van der Waals surface area contributed by atoms with Gasteiger partial charge in [-0.15, -0.1) is 0 Å². The molecule has 0 aliphatic carbocycles. The van der Waals surface area contributed by atoms with Crippen LogP contribution in [0.3, 0.4) is 0 Å². The van der Waals surface area contributed by atoms with Gasteiger partial charge in [0.25, 0.3) is 0 Å². The Bertz CT molecular complexity index is 435. The van der Waals surface area contributed by atoms with Gasteiger partial charge in [-0.2, -0.15) is 0 Å². The Hall–Kier alpha value is -1.59. The highest BCUT2D eigenvalue weighted by Crippen LogP contribution is 2.21. The maximum atomic E-state index is 11.0. The summed E-state index contributed by atoms with van der Waals surface area (Å²) < 4.78 is 9.90. The second kappa shape index (κ2) is 9.37. The normalized spacial score (nSPS) is 12.2. The number of ether oxygens (including phenoxy) is 2. The number of nitrogens with one attached hydrogen (secondary N) is 1. The summed E-state index contributed by atoms with van der Waals surface area (Å²) in [7, 11) is 7.20. The molecule has 1 N–H and O–H groups in total. The molecule has 0 heterocycles. The van der Waals surface area contributed by atoms with Crippen molar-refractivity contribution in [2.45, 2.75) is 18.9 Å². The van der Waals surface area contributed by atoms with Gasteiger partial charge in [0.15, 0.2) is 0 Å². The molecule has 0 bridgehead atoms. The second-order valence-corrected chi connectivity index (χ2v) is 5.14. The van der Waals surface area contributed by atoms with Gasteiger partial charge in [-0.05, 0) is 44.8 Å². The van der Waals surface area contributed by atoms with Crippen LogP contribution in [-0.4, -0.2) is 52.3 Å². The lowest BCUT2D eigenvalue weighted by molar-refractivity contribution is -0.140. The third-order valence-electron chi connectivity index (χ3n) is 3.40. The van der Waals surface area contributed by atoms with E-state index in [0.29, 0.717) is 6.42 Å². The minimum atomic E-state index is -0.159. The molecule has 0 aliphatic heterocycles. The quantitative estimate of drug-likeness (QED) is 0.556. The Balaban J connectivity index is 2.48. The molecule has 1 rings (SSSR count). The van der Waals surface area contributed by atoms with Crippen LogP contribution in [0.4, 0.5) is 0 Å². The summed E-state index contributed by atoms with van der Waals surface area (Å²) in [6.45, 7) is 1.62. The van der Waals surface area contributed by atoms with Crippen molar-refractivity contribution < 1.29 is 14.3 Å². The third-order valence-corrected chi connectivity index (χ3v) is 3.40. The van der Waals surface area contributed by atoms with Crippen molar-refractivity contribution in [1.29, 1.82) is 0 Å². The number of nitrogens with zero attached hydrogens (tertiary/aromatic N) is 1. The molecule has 0 radical (unpaired) electrons. The summed E-state index contributed by atoms with van der Waals surface area (Å²) in [6.07, 6.45) is 1.24. The van der Waals surface area contributed by atoms with Crippen LogP contribution in [0, 0.1) is 0 Å². The van der Waals surface area contributed by atoms with Gasteiger partial charge in [0, 0.05) is 19.0 Å². The van der Waals surface area contributed by atoms with Crippen LogP contribution >= 0.6 is 0 Å². The van der Waals surface area contributed by atoms with Crippen LogP contribution in [-0.2, 0) is 9.53 Å². The Labute approximate surface area is 127 Å². The van der Waals surface area contributed by atoms with Crippen molar-refractivity contribution in [3.05, 3.63) is 29.8 Å². The van der Waals surface area contributed by atoms with Crippen LogP contribution in [0.1, 0.15) is 24.4 Å². The molecule has 1 aromatic carbocycles. The molecule has 1 unspecified atom stereocenters. The van der Waals surface area contributed by atoms with E-state index in [1.165, 1.54) is 12.7 Å². The first-order chi connectivity index (χ1) is 10.1. The number of hydrogen-bond acceptors (Lipinski definition) is 5. The number of benzene rings is 1. The highest BCUT2D eigenvalue weighted by Gasteiger charge is 2.14. The monoisotopic (exact) mass is 294 g/mol. The summed E-state index contributed by atoms with van der Waals surface area (Å²) in [5, 5.41) is 3.39. The lowest BCUT2D eigenvalue weighted by atomic mass is 10.1. The number of carbonyl (C=O) groups is 1. The summed E-state index contributed by atoms with van der Waals surface area (Å²) >= 11 is 0. The summed E-state index contributed by atoms with van der Waals surface area (Å²) in [5.41, 5.74) is 1.21. The van der Waals surface area contributed by atoms with Gasteiger partial charge < -0.3 is 19.7 Å².